The molecule has 4 heterocycles. The van der Waals surface area contributed by atoms with Crippen LogP contribution in [0.25, 0.3) is 93.2 Å². The normalized spacial score (nSPS) is 11.6. The van der Waals surface area contributed by atoms with Crippen LogP contribution in [0.1, 0.15) is 0 Å². The van der Waals surface area contributed by atoms with Crippen molar-refractivity contribution in [3.63, 3.8) is 0 Å². The summed E-state index contributed by atoms with van der Waals surface area (Å²) in [7, 11) is 0. The van der Waals surface area contributed by atoms with Crippen LogP contribution in [0.15, 0.2) is 164 Å². The molecule has 0 spiro atoms. The van der Waals surface area contributed by atoms with E-state index in [9.17, 15) is 0 Å². The molecule has 0 unspecified atom stereocenters. The molecule has 234 valence electrons. The quantitative estimate of drug-likeness (QED) is 0.185. The molecular weight excluding hydrogens is 631 g/mol. The fraction of sp³-hybridized carbons (Fsp3) is 0. The fourth-order valence-corrected chi connectivity index (χ4v) is 8.13. The van der Waals surface area contributed by atoms with Crippen molar-refractivity contribution >= 4 is 53.4 Å². The van der Waals surface area contributed by atoms with Crippen LogP contribution in [0, 0.1) is 0 Å². The maximum atomic E-state index is 5.34. The lowest BCUT2D eigenvalue weighted by Gasteiger charge is -2.11. The summed E-state index contributed by atoms with van der Waals surface area (Å²) < 4.78 is 4.87. The number of hydrogen-bond acceptors (Lipinski definition) is 5. The molecule has 5 nitrogen and oxygen atoms in total. The van der Waals surface area contributed by atoms with Gasteiger partial charge in [-0.1, -0.05) is 115 Å². The minimum absolute atomic E-state index is 0.632. The van der Waals surface area contributed by atoms with Crippen LogP contribution in [-0.2, 0) is 0 Å². The molecule has 10 aromatic rings. The second-order valence-corrected chi connectivity index (χ2v) is 13.3. The van der Waals surface area contributed by atoms with Gasteiger partial charge < -0.3 is 4.57 Å². The van der Waals surface area contributed by atoms with Crippen LogP contribution in [0.2, 0.25) is 0 Å². The Labute approximate surface area is 291 Å². The van der Waals surface area contributed by atoms with Gasteiger partial charge in [0.15, 0.2) is 17.5 Å². The summed E-state index contributed by atoms with van der Waals surface area (Å²) in [5.41, 5.74) is 9.12. The van der Waals surface area contributed by atoms with Gasteiger partial charge in [-0.25, -0.2) is 19.9 Å². The van der Waals surface area contributed by atoms with Gasteiger partial charge >= 0.3 is 0 Å². The number of rotatable bonds is 5. The van der Waals surface area contributed by atoms with Gasteiger partial charge in [0.05, 0.1) is 22.2 Å². The first-order valence-corrected chi connectivity index (χ1v) is 17.4. The van der Waals surface area contributed by atoms with E-state index in [2.05, 4.69) is 102 Å². The average molecular weight is 658 g/mol. The summed E-state index contributed by atoms with van der Waals surface area (Å²) in [6.07, 6.45) is 0. The Bertz CT molecular complexity index is 2780. The average Bonchev–Trinajstić information content (AvgIpc) is 3.74. The zero-order valence-electron chi connectivity index (χ0n) is 26.7. The first kappa shape index (κ1) is 28.5. The molecule has 50 heavy (non-hydrogen) atoms. The minimum atomic E-state index is 0.632. The van der Waals surface area contributed by atoms with E-state index in [4.69, 9.17) is 19.9 Å². The van der Waals surface area contributed by atoms with E-state index in [0.29, 0.717) is 17.5 Å². The molecule has 6 heteroatoms. The lowest BCUT2D eigenvalue weighted by atomic mass is 10.1. The minimum Gasteiger partial charge on any atom is -0.308 e. The molecule has 4 aromatic heterocycles. The van der Waals surface area contributed by atoms with E-state index in [0.717, 1.165) is 50.2 Å². The second-order valence-electron chi connectivity index (χ2n) is 12.3. The highest BCUT2D eigenvalue weighted by molar-refractivity contribution is 7.26. The van der Waals surface area contributed by atoms with Crippen LogP contribution < -0.4 is 0 Å². The third-order valence-electron chi connectivity index (χ3n) is 9.27. The molecule has 0 aliphatic heterocycles. The Morgan fingerprint density at radius 2 is 0.940 bits per heavy atom. The Morgan fingerprint density at radius 3 is 1.58 bits per heavy atom. The molecule has 0 amide bonds. The van der Waals surface area contributed by atoms with Crippen molar-refractivity contribution in [2.45, 2.75) is 0 Å². The van der Waals surface area contributed by atoms with Gasteiger partial charge in [0.25, 0.3) is 0 Å². The molecule has 0 bridgehead atoms. The van der Waals surface area contributed by atoms with E-state index in [1.54, 1.807) is 0 Å². The smallest absolute Gasteiger partial charge is 0.164 e. The van der Waals surface area contributed by atoms with Crippen LogP contribution in [0.4, 0.5) is 0 Å². The van der Waals surface area contributed by atoms with Gasteiger partial charge in [0.2, 0.25) is 0 Å². The Hall–Kier alpha value is -6.50. The molecule has 0 saturated heterocycles. The number of hydrogen-bond donors (Lipinski definition) is 0. The van der Waals surface area contributed by atoms with E-state index < -0.39 is 0 Å². The molecule has 0 radical (unpaired) electrons. The fourth-order valence-electron chi connectivity index (χ4n) is 6.88. The highest BCUT2D eigenvalue weighted by Gasteiger charge is 2.20. The Kier molecular flexibility index (Phi) is 6.60. The van der Waals surface area contributed by atoms with Gasteiger partial charge in [-0.3, -0.25) is 0 Å². The van der Waals surface area contributed by atoms with E-state index in [-0.39, 0.29) is 0 Å². The molecule has 0 atom stereocenters. The highest BCUT2D eigenvalue weighted by Crippen LogP contribution is 2.43. The van der Waals surface area contributed by atoms with Crippen molar-refractivity contribution in [2.24, 2.45) is 0 Å². The van der Waals surface area contributed by atoms with Crippen LogP contribution in [0.3, 0.4) is 0 Å². The maximum Gasteiger partial charge on any atom is 0.164 e. The third kappa shape index (κ3) is 4.69. The summed E-state index contributed by atoms with van der Waals surface area (Å²) in [6.45, 7) is 0. The van der Waals surface area contributed by atoms with E-state index in [1.165, 1.54) is 25.6 Å². The lowest BCUT2D eigenvalue weighted by Crippen LogP contribution is -2.00. The number of aromatic nitrogens is 5. The molecule has 0 fully saturated rings. The first-order valence-electron chi connectivity index (χ1n) is 16.6. The number of nitrogens with zero attached hydrogens (tertiary/aromatic N) is 5. The number of benzene rings is 6. The van der Waals surface area contributed by atoms with E-state index >= 15 is 0 Å². The maximum absolute atomic E-state index is 5.34. The molecular formula is C44H27N5S. The summed E-state index contributed by atoms with van der Waals surface area (Å²) in [5.74, 6) is 1.93. The van der Waals surface area contributed by atoms with Crippen molar-refractivity contribution in [2.75, 3.05) is 0 Å². The summed E-state index contributed by atoms with van der Waals surface area (Å²) in [4.78, 5) is 20.1. The third-order valence-corrected chi connectivity index (χ3v) is 10.5. The van der Waals surface area contributed by atoms with Crippen molar-refractivity contribution in [1.82, 2.24) is 24.5 Å². The summed E-state index contributed by atoms with van der Waals surface area (Å²) in [5, 5.41) is 3.72. The highest BCUT2D eigenvalue weighted by atomic mass is 32.1. The van der Waals surface area contributed by atoms with Crippen molar-refractivity contribution in [3.05, 3.63) is 164 Å². The van der Waals surface area contributed by atoms with Crippen molar-refractivity contribution in [1.29, 1.82) is 0 Å². The Morgan fingerprint density at radius 1 is 0.400 bits per heavy atom. The second kappa shape index (κ2) is 11.6. The largest absolute Gasteiger partial charge is 0.308 e. The molecule has 0 aliphatic rings. The van der Waals surface area contributed by atoms with Gasteiger partial charge in [-0.15, -0.1) is 11.3 Å². The number of fused-ring (bicyclic) bond motifs is 7. The van der Waals surface area contributed by atoms with Gasteiger partial charge in [-0.05, 0) is 48.5 Å². The van der Waals surface area contributed by atoms with Gasteiger partial charge in [0, 0.05) is 53.5 Å². The Balaban J connectivity index is 1.16. The predicted molar refractivity (Wildman–Crippen MR) is 207 cm³/mol. The van der Waals surface area contributed by atoms with E-state index in [1.807, 2.05) is 78.1 Å². The molecule has 6 aromatic carbocycles. The van der Waals surface area contributed by atoms with Crippen molar-refractivity contribution in [3.8, 4) is 51.1 Å². The number of thiophene rings is 1. The molecule has 0 aliphatic carbocycles. The molecule has 0 saturated carbocycles. The monoisotopic (exact) mass is 657 g/mol. The summed E-state index contributed by atoms with van der Waals surface area (Å²) in [6, 6.07) is 56.6. The van der Waals surface area contributed by atoms with Crippen molar-refractivity contribution < 1.29 is 0 Å². The van der Waals surface area contributed by atoms with Crippen LogP contribution in [0.5, 0.6) is 0 Å². The SMILES string of the molecule is c1ccc(-c2ccc3c(n2)c2c4sc5ccccc5c4ccc2n3-c2ccc(-c3nc(-c4ccccc4)nc(-c4ccccc4)n3)cc2)cc1. The zero-order valence-corrected chi connectivity index (χ0v) is 27.5. The summed E-state index contributed by atoms with van der Waals surface area (Å²) >= 11 is 1.84. The lowest BCUT2D eigenvalue weighted by molar-refractivity contribution is 1.07. The topological polar surface area (TPSA) is 56.5 Å². The standard InChI is InChI=1S/C44H27N5S/c1-4-12-28(13-5-1)35-25-27-37-40(45-35)39-36(26-24-34-33-18-10-11-19-38(33)50-41(34)39)49(37)32-22-20-31(21-23-32)44-47-42(29-14-6-2-7-15-29)46-43(48-44)30-16-8-3-9-17-30/h1-27H. The van der Waals surface area contributed by atoms with Crippen LogP contribution in [-0.4, -0.2) is 24.5 Å². The molecule has 10 rings (SSSR count). The molecule has 0 N–H and O–H groups in total. The predicted octanol–water partition coefficient (Wildman–Crippen LogP) is 11.4. The van der Waals surface area contributed by atoms with Gasteiger partial charge in [0.1, 0.15) is 0 Å². The zero-order chi connectivity index (χ0) is 33.0. The number of pyridine rings is 1. The van der Waals surface area contributed by atoms with Gasteiger partial charge in [-0.2, -0.15) is 0 Å². The first-order chi connectivity index (χ1) is 24.8. The van der Waals surface area contributed by atoms with Crippen LogP contribution >= 0.6 is 11.3 Å².